The summed E-state index contributed by atoms with van der Waals surface area (Å²) in [5, 5.41) is 9.34. The number of rotatable bonds is 9. The molecular formula is C16H22ClNO. The number of hydrogen-bond acceptors (Lipinski definition) is 2. The number of benzene rings is 1. The van der Waals surface area contributed by atoms with Gasteiger partial charge in [0.2, 0.25) is 0 Å². The van der Waals surface area contributed by atoms with Gasteiger partial charge >= 0.3 is 0 Å². The fourth-order valence-corrected chi connectivity index (χ4v) is 2.09. The molecule has 0 spiro atoms. The van der Waals surface area contributed by atoms with Crippen molar-refractivity contribution in [2.75, 3.05) is 6.61 Å². The van der Waals surface area contributed by atoms with E-state index in [9.17, 15) is 0 Å². The maximum absolute atomic E-state index is 8.87. The van der Waals surface area contributed by atoms with Crippen molar-refractivity contribution in [2.24, 2.45) is 0 Å². The van der Waals surface area contributed by atoms with E-state index in [4.69, 9.17) is 21.6 Å². The Hall–Kier alpha value is -1.20. The van der Waals surface area contributed by atoms with E-state index >= 15 is 0 Å². The lowest BCUT2D eigenvalue weighted by Gasteiger charge is -2.07. The number of nitrogens with zero attached hydrogens (tertiary/aromatic N) is 1. The highest BCUT2D eigenvalue weighted by Crippen LogP contribution is 2.21. The maximum atomic E-state index is 8.87. The molecule has 19 heavy (non-hydrogen) atoms. The van der Waals surface area contributed by atoms with Gasteiger partial charge in [-0.05, 0) is 24.6 Å². The van der Waals surface area contributed by atoms with Crippen molar-refractivity contribution in [1.82, 2.24) is 0 Å². The van der Waals surface area contributed by atoms with Crippen molar-refractivity contribution in [1.29, 1.82) is 5.26 Å². The number of hydrogen-bond donors (Lipinski definition) is 0. The predicted molar refractivity (Wildman–Crippen MR) is 79.7 cm³/mol. The minimum Gasteiger partial charge on any atom is -0.494 e. The molecule has 0 bridgehead atoms. The molecule has 0 saturated carbocycles. The molecule has 0 radical (unpaired) electrons. The van der Waals surface area contributed by atoms with Gasteiger partial charge in [-0.15, -0.1) is 0 Å². The van der Waals surface area contributed by atoms with Crippen LogP contribution in [0.5, 0.6) is 5.75 Å². The van der Waals surface area contributed by atoms with Crippen molar-refractivity contribution in [3.8, 4) is 11.8 Å². The van der Waals surface area contributed by atoms with E-state index in [1.54, 1.807) is 12.1 Å². The van der Waals surface area contributed by atoms with Crippen LogP contribution < -0.4 is 4.74 Å². The average Bonchev–Trinajstić information content (AvgIpc) is 2.43. The second-order valence-corrected chi connectivity index (χ2v) is 5.13. The molecule has 0 aliphatic heterocycles. The van der Waals surface area contributed by atoms with Gasteiger partial charge in [0.05, 0.1) is 17.2 Å². The first-order chi connectivity index (χ1) is 9.27. The van der Waals surface area contributed by atoms with Crippen LogP contribution >= 0.6 is 11.6 Å². The van der Waals surface area contributed by atoms with Crippen LogP contribution in [0.15, 0.2) is 18.2 Å². The van der Waals surface area contributed by atoms with Crippen LogP contribution in [0.2, 0.25) is 5.02 Å². The van der Waals surface area contributed by atoms with E-state index in [-0.39, 0.29) is 0 Å². The van der Waals surface area contributed by atoms with E-state index < -0.39 is 0 Å². The lowest BCUT2D eigenvalue weighted by atomic mass is 10.1. The highest BCUT2D eigenvalue weighted by molar-refractivity contribution is 6.31. The molecule has 1 aromatic rings. The zero-order valence-electron chi connectivity index (χ0n) is 11.6. The fourth-order valence-electron chi connectivity index (χ4n) is 1.93. The van der Waals surface area contributed by atoms with Gasteiger partial charge in [-0.2, -0.15) is 5.26 Å². The summed E-state index contributed by atoms with van der Waals surface area (Å²) in [6.45, 7) is 2.94. The first-order valence-electron chi connectivity index (χ1n) is 7.10. The van der Waals surface area contributed by atoms with Gasteiger partial charge in [-0.3, -0.25) is 0 Å². The first-order valence-corrected chi connectivity index (χ1v) is 7.48. The molecule has 0 atom stereocenters. The number of halogens is 1. The Bertz CT molecular complexity index is 412. The summed E-state index contributed by atoms with van der Waals surface area (Å²) in [5.41, 5.74) is 0.471. The zero-order valence-corrected chi connectivity index (χ0v) is 12.4. The van der Waals surface area contributed by atoms with E-state index in [2.05, 4.69) is 13.0 Å². The van der Waals surface area contributed by atoms with E-state index in [1.165, 1.54) is 38.5 Å². The van der Waals surface area contributed by atoms with Crippen molar-refractivity contribution < 1.29 is 4.74 Å². The van der Waals surface area contributed by atoms with Gasteiger partial charge in [0.1, 0.15) is 11.8 Å². The zero-order chi connectivity index (χ0) is 13.9. The molecule has 1 rings (SSSR count). The highest BCUT2D eigenvalue weighted by Gasteiger charge is 2.01. The molecular weight excluding hydrogens is 258 g/mol. The molecule has 1 aromatic carbocycles. The van der Waals surface area contributed by atoms with Crippen molar-refractivity contribution >= 4 is 11.6 Å². The average molecular weight is 280 g/mol. The summed E-state index contributed by atoms with van der Waals surface area (Å²) in [6.07, 6.45) is 8.87. The normalized spacial score (nSPS) is 10.2. The Morgan fingerprint density at radius 2 is 1.79 bits per heavy atom. The molecule has 0 amide bonds. The first kappa shape index (κ1) is 15.9. The van der Waals surface area contributed by atoms with Gasteiger partial charge in [-0.1, -0.05) is 57.0 Å². The van der Waals surface area contributed by atoms with Gasteiger partial charge in [-0.25, -0.2) is 0 Å². The molecule has 0 aliphatic rings. The lowest BCUT2D eigenvalue weighted by molar-refractivity contribution is 0.304. The third-order valence-electron chi connectivity index (χ3n) is 3.07. The van der Waals surface area contributed by atoms with Gasteiger partial charge in [0.15, 0.2) is 0 Å². The Balaban J connectivity index is 2.14. The topological polar surface area (TPSA) is 33.0 Å². The Labute approximate surface area is 121 Å². The monoisotopic (exact) mass is 279 g/mol. The summed E-state index contributed by atoms with van der Waals surface area (Å²) in [5.74, 6) is 0.729. The molecule has 0 heterocycles. The smallest absolute Gasteiger partial charge is 0.120 e. The van der Waals surface area contributed by atoms with Gasteiger partial charge in [0, 0.05) is 0 Å². The lowest BCUT2D eigenvalue weighted by Crippen LogP contribution is -1.97. The minimum atomic E-state index is 0.471. The van der Waals surface area contributed by atoms with Crippen LogP contribution in [0.25, 0.3) is 0 Å². The Morgan fingerprint density at radius 1 is 1.11 bits per heavy atom. The van der Waals surface area contributed by atoms with Crippen LogP contribution in [0, 0.1) is 11.3 Å². The Kier molecular flexibility index (Phi) is 8.09. The molecule has 0 N–H and O–H groups in total. The summed E-state index contributed by atoms with van der Waals surface area (Å²) < 4.78 is 5.62. The standard InChI is InChI=1S/C16H22ClNO/c1-2-3-4-5-6-7-8-11-19-15-9-10-16(17)14(12-15)13-18/h9-10,12H,2-8,11H2,1H3. The second-order valence-electron chi connectivity index (χ2n) is 4.72. The van der Waals surface area contributed by atoms with Crippen LogP contribution in [-0.4, -0.2) is 6.61 Å². The quantitative estimate of drug-likeness (QED) is 0.572. The highest BCUT2D eigenvalue weighted by atomic mass is 35.5. The predicted octanol–water partition coefficient (Wildman–Crippen LogP) is 5.34. The number of ether oxygens (including phenoxy) is 1. The van der Waals surface area contributed by atoms with Gasteiger partial charge in [0.25, 0.3) is 0 Å². The molecule has 3 heteroatoms. The van der Waals surface area contributed by atoms with Crippen LogP contribution in [-0.2, 0) is 0 Å². The van der Waals surface area contributed by atoms with Crippen molar-refractivity contribution in [3.05, 3.63) is 28.8 Å². The van der Waals surface area contributed by atoms with Gasteiger partial charge < -0.3 is 4.74 Å². The van der Waals surface area contributed by atoms with E-state index in [0.717, 1.165) is 12.2 Å². The minimum absolute atomic E-state index is 0.471. The largest absolute Gasteiger partial charge is 0.494 e. The third kappa shape index (κ3) is 6.50. The molecule has 0 unspecified atom stereocenters. The van der Waals surface area contributed by atoms with Crippen LogP contribution in [0.3, 0.4) is 0 Å². The molecule has 0 aromatic heterocycles. The SMILES string of the molecule is CCCCCCCCCOc1ccc(Cl)c(C#N)c1. The van der Waals surface area contributed by atoms with Crippen LogP contribution in [0.1, 0.15) is 57.4 Å². The van der Waals surface area contributed by atoms with Crippen LogP contribution in [0.4, 0.5) is 0 Å². The summed E-state index contributed by atoms with van der Waals surface area (Å²) >= 11 is 5.86. The number of unbranched alkanes of at least 4 members (excludes halogenated alkanes) is 6. The molecule has 0 fully saturated rings. The molecule has 0 saturated heterocycles. The summed E-state index contributed by atoms with van der Waals surface area (Å²) in [7, 11) is 0. The second kappa shape index (κ2) is 9.69. The summed E-state index contributed by atoms with van der Waals surface area (Å²) in [4.78, 5) is 0. The third-order valence-corrected chi connectivity index (χ3v) is 3.40. The maximum Gasteiger partial charge on any atom is 0.120 e. The van der Waals surface area contributed by atoms with Crippen molar-refractivity contribution in [2.45, 2.75) is 51.9 Å². The van der Waals surface area contributed by atoms with Crippen molar-refractivity contribution in [3.63, 3.8) is 0 Å². The molecule has 0 aliphatic carbocycles. The fraction of sp³-hybridized carbons (Fsp3) is 0.562. The Morgan fingerprint density at radius 3 is 2.47 bits per heavy atom. The number of nitriles is 1. The van der Waals surface area contributed by atoms with E-state index in [0.29, 0.717) is 17.2 Å². The summed E-state index contributed by atoms with van der Waals surface area (Å²) in [6, 6.07) is 7.27. The molecule has 104 valence electrons. The van der Waals surface area contributed by atoms with E-state index in [1.807, 2.05) is 6.07 Å². The molecule has 2 nitrogen and oxygen atoms in total.